The van der Waals surface area contributed by atoms with E-state index in [0.29, 0.717) is 0 Å². The van der Waals surface area contributed by atoms with Crippen molar-refractivity contribution in [2.75, 3.05) is 14.1 Å². The first-order valence-corrected chi connectivity index (χ1v) is 4.33. The number of nitrogens with zero attached hydrogens (tertiary/aromatic N) is 2. The smallest absolute Gasteiger partial charge is 0.0882 e. The van der Waals surface area contributed by atoms with Crippen molar-refractivity contribution in [1.29, 1.82) is 0 Å². The number of hydrogen-bond acceptors (Lipinski definition) is 2. The van der Waals surface area contributed by atoms with Gasteiger partial charge in [0.1, 0.15) is 0 Å². The number of rotatable bonds is 2. The molecular formula is C10H13N3. The number of aromatic nitrogens is 2. The van der Waals surface area contributed by atoms with E-state index in [1.807, 2.05) is 26.4 Å². The van der Waals surface area contributed by atoms with Crippen molar-refractivity contribution in [3.8, 4) is 0 Å². The van der Waals surface area contributed by atoms with Crippen molar-refractivity contribution in [1.82, 2.24) is 14.9 Å². The molecule has 0 aliphatic rings. The largest absolute Gasteiger partial charge is 0.360 e. The minimum Gasteiger partial charge on any atom is -0.360 e. The Kier molecular flexibility index (Phi) is 2.02. The fraction of sp³-hybridized carbons (Fsp3) is 0.300. The molecule has 0 bridgehead atoms. The molecule has 3 nitrogen and oxygen atoms in total. The van der Waals surface area contributed by atoms with Gasteiger partial charge in [-0.2, -0.15) is 0 Å². The molecule has 0 fully saturated rings. The molecule has 0 unspecified atom stereocenters. The van der Waals surface area contributed by atoms with Crippen LogP contribution in [0.5, 0.6) is 0 Å². The molecular weight excluding hydrogens is 162 g/mol. The van der Waals surface area contributed by atoms with Crippen LogP contribution in [0.4, 0.5) is 0 Å². The fourth-order valence-electron chi connectivity index (χ4n) is 1.39. The Hall–Kier alpha value is -1.35. The lowest BCUT2D eigenvalue weighted by Gasteiger charge is -2.08. The van der Waals surface area contributed by atoms with Gasteiger partial charge in [0.25, 0.3) is 0 Å². The highest BCUT2D eigenvalue weighted by atomic mass is 15.1. The molecule has 0 aliphatic carbocycles. The summed E-state index contributed by atoms with van der Waals surface area (Å²) in [6, 6.07) is 6.12. The highest BCUT2D eigenvalue weighted by molar-refractivity contribution is 5.74. The van der Waals surface area contributed by atoms with E-state index in [4.69, 9.17) is 0 Å². The Morgan fingerprint density at radius 2 is 2.15 bits per heavy atom. The summed E-state index contributed by atoms with van der Waals surface area (Å²) in [4.78, 5) is 9.74. The maximum Gasteiger partial charge on any atom is 0.0882 e. The SMILES string of the molecule is CN(C)Cc1ccc2[nH]ccc2n1. The third-order valence-corrected chi connectivity index (χ3v) is 1.94. The summed E-state index contributed by atoms with van der Waals surface area (Å²) in [7, 11) is 4.09. The van der Waals surface area contributed by atoms with Crippen molar-refractivity contribution in [3.05, 3.63) is 30.1 Å². The Morgan fingerprint density at radius 1 is 1.31 bits per heavy atom. The molecule has 0 aliphatic heterocycles. The zero-order valence-electron chi connectivity index (χ0n) is 7.91. The van der Waals surface area contributed by atoms with Gasteiger partial charge >= 0.3 is 0 Å². The maximum absolute atomic E-state index is 4.50. The van der Waals surface area contributed by atoms with Gasteiger partial charge in [0.15, 0.2) is 0 Å². The zero-order chi connectivity index (χ0) is 9.26. The molecule has 0 aromatic carbocycles. The van der Waals surface area contributed by atoms with Gasteiger partial charge in [0, 0.05) is 12.7 Å². The minimum absolute atomic E-state index is 0.890. The van der Waals surface area contributed by atoms with E-state index < -0.39 is 0 Å². The average Bonchev–Trinajstić information content (AvgIpc) is 2.49. The predicted molar refractivity (Wildman–Crippen MR) is 53.5 cm³/mol. The Labute approximate surface area is 77.4 Å². The molecule has 2 aromatic rings. The van der Waals surface area contributed by atoms with E-state index in [9.17, 15) is 0 Å². The van der Waals surface area contributed by atoms with Gasteiger partial charge in [-0.1, -0.05) is 0 Å². The fourth-order valence-corrected chi connectivity index (χ4v) is 1.39. The lowest BCUT2D eigenvalue weighted by molar-refractivity contribution is 0.397. The topological polar surface area (TPSA) is 31.9 Å². The normalized spacial score (nSPS) is 11.3. The molecule has 1 N–H and O–H groups in total. The van der Waals surface area contributed by atoms with Gasteiger partial charge in [-0.3, -0.25) is 0 Å². The molecule has 0 saturated heterocycles. The third-order valence-electron chi connectivity index (χ3n) is 1.94. The lowest BCUT2D eigenvalue weighted by Crippen LogP contribution is -2.11. The summed E-state index contributed by atoms with van der Waals surface area (Å²) in [6.45, 7) is 0.890. The molecule has 0 saturated carbocycles. The van der Waals surface area contributed by atoms with Crippen molar-refractivity contribution in [2.24, 2.45) is 0 Å². The van der Waals surface area contributed by atoms with Crippen LogP contribution >= 0.6 is 0 Å². The van der Waals surface area contributed by atoms with Crippen LogP contribution in [0.25, 0.3) is 11.0 Å². The lowest BCUT2D eigenvalue weighted by atomic mass is 10.3. The molecule has 3 heteroatoms. The second-order valence-electron chi connectivity index (χ2n) is 3.45. The van der Waals surface area contributed by atoms with Crippen molar-refractivity contribution < 1.29 is 0 Å². The van der Waals surface area contributed by atoms with Crippen LogP contribution in [-0.2, 0) is 6.54 Å². The van der Waals surface area contributed by atoms with Gasteiger partial charge in [0.05, 0.1) is 16.7 Å². The predicted octanol–water partition coefficient (Wildman–Crippen LogP) is 1.62. The molecule has 0 radical (unpaired) electrons. The molecule has 2 aromatic heterocycles. The number of pyridine rings is 1. The van der Waals surface area contributed by atoms with E-state index >= 15 is 0 Å². The average molecular weight is 175 g/mol. The number of nitrogens with one attached hydrogen (secondary N) is 1. The van der Waals surface area contributed by atoms with E-state index in [0.717, 1.165) is 23.3 Å². The first kappa shape index (κ1) is 8.26. The number of fused-ring (bicyclic) bond motifs is 1. The highest BCUT2D eigenvalue weighted by Crippen LogP contribution is 2.10. The second-order valence-corrected chi connectivity index (χ2v) is 3.45. The molecule has 68 valence electrons. The second kappa shape index (κ2) is 3.18. The number of hydrogen-bond donors (Lipinski definition) is 1. The quantitative estimate of drug-likeness (QED) is 0.752. The summed E-state index contributed by atoms with van der Waals surface area (Å²) < 4.78 is 0. The minimum atomic E-state index is 0.890. The van der Waals surface area contributed by atoms with E-state index in [-0.39, 0.29) is 0 Å². The maximum atomic E-state index is 4.50. The summed E-state index contributed by atoms with van der Waals surface area (Å²) in [5.41, 5.74) is 3.25. The van der Waals surface area contributed by atoms with Gasteiger partial charge < -0.3 is 9.88 Å². The molecule has 2 heterocycles. The summed E-state index contributed by atoms with van der Waals surface area (Å²) in [5, 5.41) is 0. The highest BCUT2D eigenvalue weighted by Gasteiger charge is 1.99. The Morgan fingerprint density at radius 3 is 2.92 bits per heavy atom. The molecule has 0 spiro atoms. The Bertz CT molecular complexity index is 403. The van der Waals surface area contributed by atoms with Crippen LogP contribution in [-0.4, -0.2) is 29.0 Å². The van der Waals surface area contributed by atoms with Crippen LogP contribution in [0, 0.1) is 0 Å². The van der Waals surface area contributed by atoms with Crippen molar-refractivity contribution in [2.45, 2.75) is 6.54 Å². The van der Waals surface area contributed by atoms with E-state index in [1.54, 1.807) is 0 Å². The van der Waals surface area contributed by atoms with Gasteiger partial charge in [-0.15, -0.1) is 0 Å². The first-order valence-electron chi connectivity index (χ1n) is 4.33. The van der Waals surface area contributed by atoms with E-state index in [1.165, 1.54) is 0 Å². The van der Waals surface area contributed by atoms with Crippen LogP contribution in [0.3, 0.4) is 0 Å². The molecule has 0 atom stereocenters. The molecule has 0 amide bonds. The van der Waals surface area contributed by atoms with E-state index in [2.05, 4.69) is 27.0 Å². The summed E-state index contributed by atoms with van der Waals surface area (Å²) in [6.07, 6.45) is 1.91. The Balaban J connectivity index is 2.37. The van der Waals surface area contributed by atoms with Crippen molar-refractivity contribution in [3.63, 3.8) is 0 Å². The van der Waals surface area contributed by atoms with Crippen LogP contribution < -0.4 is 0 Å². The zero-order valence-corrected chi connectivity index (χ0v) is 7.91. The molecule has 2 rings (SSSR count). The van der Waals surface area contributed by atoms with Crippen molar-refractivity contribution >= 4 is 11.0 Å². The first-order chi connectivity index (χ1) is 6.25. The molecule has 13 heavy (non-hydrogen) atoms. The standard InChI is InChI=1S/C10H13N3/c1-13(2)7-8-3-4-9-10(12-8)5-6-11-9/h3-6,11H,7H2,1-2H3. The summed E-state index contributed by atoms with van der Waals surface area (Å²) in [5.74, 6) is 0. The van der Waals surface area contributed by atoms with Gasteiger partial charge in [0.2, 0.25) is 0 Å². The van der Waals surface area contributed by atoms with Crippen LogP contribution in [0.2, 0.25) is 0 Å². The summed E-state index contributed by atoms with van der Waals surface area (Å²) >= 11 is 0. The monoisotopic (exact) mass is 175 g/mol. The van der Waals surface area contributed by atoms with Crippen LogP contribution in [0.1, 0.15) is 5.69 Å². The van der Waals surface area contributed by atoms with Gasteiger partial charge in [-0.05, 0) is 32.3 Å². The third kappa shape index (κ3) is 1.70. The van der Waals surface area contributed by atoms with Gasteiger partial charge in [-0.25, -0.2) is 4.98 Å². The van der Waals surface area contributed by atoms with Crippen LogP contribution in [0.15, 0.2) is 24.4 Å². The number of H-pyrrole nitrogens is 1. The number of aromatic amines is 1.